The number of nitrogens with zero attached hydrogens (tertiary/aromatic N) is 3. The highest BCUT2D eigenvalue weighted by atomic mass is 127. The van der Waals surface area contributed by atoms with E-state index in [2.05, 4.69) is 5.10 Å². The predicted octanol–water partition coefficient (Wildman–Crippen LogP) is 1.17. The standard InChI is InChI=1S/C4H7FIN3/c1-2-9-4(5)8(6)3-7-9/h3-4H,2H2,1H3. The lowest BCUT2D eigenvalue weighted by Crippen LogP contribution is -2.29. The first-order chi connectivity index (χ1) is 4.25. The smallest absolute Gasteiger partial charge is 0.253 e. The third-order valence-electron chi connectivity index (χ3n) is 1.08. The number of halogens is 2. The molecule has 0 aromatic carbocycles. The minimum Gasteiger partial charge on any atom is -0.253 e. The van der Waals surface area contributed by atoms with Gasteiger partial charge in [0.2, 0.25) is 0 Å². The van der Waals surface area contributed by atoms with E-state index in [1.54, 1.807) is 0 Å². The summed E-state index contributed by atoms with van der Waals surface area (Å²) in [6.45, 7) is 2.47. The van der Waals surface area contributed by atoms with Crippen molar-refractivity contribution in [1.82, 2.24) is 8.12 Å². The van der Waals surface area contributed by atoms with Gasteiger partial charge in [-0.3, -0.25) is 3.11 Å². The topological polar surface area (TPSA) is 18.8 Å². The second kappa shape index (κ2) is 2.68. The van der Waals surface area contributed by atoms with Gasteiger partial charge in [-0.2, -0.15) is 9.49 Å². The molecule has 1 heterocycles. The van der Waals surface area contributed by atoms with Crippen LogP contribution >= 0.6 is 22.9 Å². The maximum Gasteiger partial charge on any atom is 0.273 e. The molecule has 0 amide bonds. The van der Waals surface area contributed by atoms with Crippen molar-refractivity contribution in [2.45, 2.75) is 13.3 Å². The summed E-state index contributed by atoms with van der Waals surface area (Å²) in [6, 6.07) is 0. The minimum atomic E-state index is -1.07. The van der Waals surface area contributed by atoms with Crippen molar-refractivity contribution in [3.05, 3.63) is 0 Å². The molecule has 1 atom stereocenters. The summed E-state index contributed by atoms with van der Waals surface area (Å²) in [7, 11) is 0. The molecule has 1 rings (SSSR count). The Bertz CT molecular complexity index is 129. The van der Waals surface area contributed by atoms with Crippen molar-refractivity contribution in [3.8, 4) is 0 Å². The van der Waals surface area contributed by atoms with Crippen LogP contribution < -0.4 is 0 Å². The average molecular weight is 243 g/mol. The molecule has 9 heavy (non-hydrogen) atoms. The van der Waals surface area contributed by atoms with Crippen LogP contribution in [-0.2, 0) is 0 Å². The molecule has 0 saturated carbocycles. The molecule has 1 unspecified atom stereocenters. The Morgan fingerprint density at radius 3 is 2.78 bits per heavy atom. The normalized spacial score (nSPS) is 25.9. The molecule has 0 N–H and O–H groups in total. The molecule has 0 aromatic heterocycles. The van der Waals surface area contributed by atoms with Crippen molar-refractivity contribution < 1.29 is 4.39 Å². The summed E-state index contributed by atoms with van der Waals surface area (Å²) >= 11 is 1.86. The van der Waals surface area contributed by atoms with Gasteiger partial charge in [0.1, 0.15) is 6.34 Å². The summed E-state index contributed by atoms with van der Waals surface area (Å²) < 4.78 is 14.1. The van der Waals surface area contributed by atoms with Gasteiger partial charge in [-0.25, -0.2) is 5.01 Å². The highest BCUT2D eigenvalue weighted by molar-refractivity contribution is 14.1. The highest BCUT2D eigenvalue weighted by Gasteiger charge is 2.23. The van der Waals surface area contributed by atoms with Gasteiger partial charge in [-0.1, -0.05) is 0 Å². The van der Waals surface area contributed by atoms with E-state index in [4.69, 9.17) is 0 Å². The first-order valence-electron chi connectivity index (χ1n) is 2.64. The molecule has 0 saturated heterocycles. The van der Waals surface area contributed by atoms with Crippen LogP contribution in [0.3, 0.4) is 0 Å². The summed E-state index contributed by atoms with van der Waals surface area (Å²) in [4.78, 5) is 0. The Hall–Kier alpha value is -0.0700. The van der Waals surface area contributed by atoms with E-state index in [1.165, 1.54) is 14.5 Å². The first kappa shape index (κ1) is 7.04. The Balaban J connectivity index is 2.51. The van der Waals surface area contributed by atoms with Crippen LogP contribution in [0.2, 0.25) is 0 Å². The van der Waals surface area contributed by atoms with Crippen LogP contribution in [0.1, 0.15) is 6.92 Å². The zero-order valence-electron chi connectivity index (χ0n) is 4.96. The summed E-state index contributed by atoms with van der Waals surface area (Å²) in [5.74, 6) is 0. The fraction of sp³-hybridized carbons (Fsp3) is 0.750. The van der Waals surface area contributed by atoms with Gasteiger partial charge in [0.15, 0.2) is 0 Å². The summed E-state index contributed by atoms with van der Waals surface area (Å²) in [6.07, 6.45) is 0.393. The molecule has 0 spiro atoms. The third kappa shape index (κ3) is 1.25. The molecule has 1 aliphatic rings. The van der Waals surface area contributed by atoms with Crippen LogP contribution in [0.25, 0.3) is 0 Å². The van der Waals surface area contributed by atoms with Gasteiger partial charge in [0.25, 0.3) is 6.42 Å². The van der Waals surface area contributed by atoms with Gasteiger partial charge in [-0.05, 0) is 6.92 Å². The SMILES string of the molecule is CCN1N=CN(I)C1F. The summed E-state index contributed by atoms with van der Waals surface area (Å²) in [5, 5.41) is 5.14. The van der Waals surface area contributed by atoms with E-state index in [-0.39, 0.29) is 0 Å². The van der Waals surface area contributed by atoms with Crippen LogP contribution in [-0.4, -0.2) is 27.4 Å². The Kier molecular flexibility index (Phi) is 2.09. The van der Waals surface area contributed by atoms with Crippen LogP contribution in [0.4, 0.5) is 4.39 Å². The second-order valence-electron chi connectivity index (χ2n) is 1.64. The van der Waals surface area contributed by atoms with Crippen molar-refractivity contribution >= 4 is 29.2 Å². The third-order valence-corrected chi connectivity index (χ3v) is 1.79. The average Bonchev–Trinajstić information content (AvgIpc) is 2.15. The van der Waals surface area contributed by atoms with Crippen LogP contribution in [0, 0.1) is 0 Å². The zero-order chi connectivity index (χ0) is 6.85. The zero-order valence-corrected chi connectivity index (χ0v) is 7.12. The van der Waals surface area contributed by atoms with Crippen molar-refractivity contribution in [3.63, 3.8) is 0 Å². The highest BCUT2D eigenvalue weighted by Crippen LogP contribution is 2.16. The van der Waals surface area contributed by atoms with Crippen molar-refractivity contribution in [2.24, 2.45) is 5.10 Å². The predicted molar refractivity (Wildman–Crippen MR) is 41.6 cm³/mol. The number of hydrazone groups is 1. The van der Waals surface area contributed by atoms with E-state index in [0.717, 1.165) is 0 Å². The number of rotatable bonds is 1. The Morgan fingerprint density at radius 2 is 2.56 bits per heavy atom. The van der Waals surface area contributed by atoms with E-state index in [1.807, 2.05) is 29.8 Å². The van der Waals surface area contributed by atoms with Gasteiger partial charge in [0.05, 0.1) is 22.9 Å². The van der Waals surface area contributed by atoms with Gasteiger partial charge in [-0.15, -0.1) is 0 Å². The molecule has 5 heteroatoms. The van der Waals surface area contributed by atoms with Crippen LogP contribution in [0.5, 0.6) is 0 Å². The van der Waals surface area contributed by atoms with E-state index < -0.39 is 6.42 Å². The van der Waals surface area contributed by atoms with Gasteiger partial charge in [0, 0.05) is 6.54 Å². The Morgan fingerprint density at radius 1 is 1.89 bits per heavy atom. The first-order valence-corrected chi connectivity index (χ1v) is 3.61. The molecule has 0 fully saturated rings. The molecular weight excluding hydrogens is 236 g/mol. The molecule has 1 aliphatic heterocycles. The molecule has 52 valence electrons. The largest absolute Gasteiger partial charge is 0.273 e. The molecule has 0 bridgehead atoms. The van der Waals surface area contributed by atoms with E-state index in [0.29, 0.717) is 6.54 Å². The number of hydrogen-bond donors (Lipinski definition) is 0. The molecule has 0 radical (unpaired) electrons. The molecule has 0 aliphatic carbocycles. The van der Waals surface area contributed by atoms with Gasteiger partial charge < -0.3 is 0 Å². The number of alkyl halides is 1. The lowest BCUT2D eigenvalue weighted by atomic mass is 10.7. The fourth-order valence-corrected chi connectivity index (χ4v) is 0.984. The lowest BCUT2D eigenvalue weighted by molar-refractivity contribution is 0.0677. The van der Waals surface area contributed by atoms with Gasteiger partial charge >= 0.3 is 0 Å². The number of hydrogen-bond acceptors (Lipinski definition) is 3. The second-order valence-corrected chi connectivity index (χ2v) is 2.76. The summed E-state index contributed by atoms with van der Waals surface area (Å²) in [5.41, 5.74) is 0. The van der Waals surface area contributed by atoms with Crippen molar-refractivity contribution in [1.29, 1.82) is 0 Å². The van der Waals surface area contributed by atoms with Crippen molar-refractivity contribution in [2.75, 3.05) is 6.54 Å². The van der Waals surface area contributed by atoms with E-state index >= 15 is 0 Å². The molecular formula is C4H7FIN3. The van der Waals surface area contributed by atoms with Crippen LogP contribution in [0.15, 0.2) is 5.10 Å². The minimum absolute atomic E-state index is 0.608. The Labute approximate surface area is 67.0 Å². The lowest BCUT2D eigenvalue weighted by Gasteiger charge is -2.16. The molecule has 0 aromatic rings. The maximum atomic E-state index is 12.7. The fourth-order valence-electron chi connectivity index (χ4n) is 0.585. The monoisotopic (exact) mass is 243 g/mol. The molecule has 3 nitrogen and oxygen atoms in total. The maximum absolute atomic E-state index is 12.7. The quantitative estimate of drug-likeness (QED) is 0.391. The van der Waals surface area contributed by atoms with E-state index in [9.17, 15) is 4.39 Å².